The highest BCUT2D eigenvalue weighted by Gasteiger charge is 2.12. The van der Waals surface area contributed by atoms with Crippen molar-refractivity contribution in [1.82, 2.24) is 0 Å². The minimum atomic E-state index is 0.341. The van der Waals surface area contributed by atoms with Crippen molar-refractivity contribution in [3.05, 3.63) is 34.9 Å². The summed E-state index contributed by atoms with van der Waals surface area (Å²) in [4.78, 5) is 11.7. The van der Waals surface area contributed by atoms with E-state index in [1.807, 2.05) is 0 Å². The van der Waals surface area contributed by atoms with E-state index in [9.17, 15) is 4.79 Å². The highest BCUT2D eigenvalue weighted by atomic mass is 35.5. The van der Waals surface area contributed by atoms with Gasteiger partial charge >= 0.3 is 0 Å². The molecule has 1 aliphatic rings. The molecule has 0 N–H and O–H groups in total. The summed E-state index contributed by atoms with van der Waals surface area (Å²) in [7, 11) is 0. The highest BCUT2D eigenvalue weighted by Crippen LogP contribution is 2.23. The number of hydrogen-bond donors (Lipinski definition) is 0. The van der Waals surface area contributed by atoms with Gasteiger partial charge in [0.15, 0.2) is 0 Å². The van der Waals surface area contributed by atoms with Crippen LogP contribution < -0.4 is 0 Å². The van der Waals surface area contributed by atoms with Crippen LogP contribution in [0.2, 0.25) is 0 Å². The molecule has 0 bridgehead atoms. The number of hydrogen-bond acceptors (Lipinski definition) is 1. The first-order chi connectivity index (χ1) is 8.29. The lowest BCUT2D eigenvalue weighted by Gasteiger charge is -2.04. The molecule has 2 heteroatoms. The van der Waals surface area contributed by atoms with Crippen LogP contribution in [0.1, 0.15) is 42.4 Å². The Morgan fingerprint density at radius 3 is 2.82 bits per heavy atom. The van der Waals surface area contributed by atoms with Gasteiger partial charge in [0, 0.05) is 18.7 Å². The fraction of sp³-hybridized carbons (Fsp3) is 0.533. The molecule has 0 spiro atoms. The van der Waals surface area contributed by atoms with E-state index in [2.05, 4.69) is 18.2 Å². The fourth-order valence-electron chi connectivity index (χ4n) is 2.47. The van der Waals surface area contributed by atoms with E-state index in [0.29, 0.717) is 24.5 Å². The number of benzene rings is 1. The third kappa shape index (κ3) is 3.57. The second kappa shape index (κ2) is 6.20. The van der Waals surface area contributed by atoms with Gasteiger partial charge in [0.2, 0.25) is 0 Å². The summed E-state index contributed by atoms with van der Waals surface area (Å²) in [6, 6.07) is 6.54. The minimum Gasteiger partial charge on any atom is -0.299 e. The van der Waals surface area contributed by atoms with Crippen molar-refractivity contribution in [2.24, 2.45) is 0 Å². The first-order valence-corrected chi connectivity index (χ1v) is 7.01. The van der Waals surface area contributed by atoms with Crippen molar-refractivity contribution in [2.45, 2.75) is 44.9 Å². The van der Waals surface area contributed by atoms with E-state index in [0.717, 1.165) is 12.8 Å². The zero-order valence-corrected chi connectivity index (χ0v) is 10.9. The quantitative estimate of drug-likeness (QED) is 0.556. The Labute approximate surface area is 108 Å². The van der Waals surface area contributed by atoms with Gasteiger partial charge in [-0.3, -0.25) is 4.79 Å². The number of ketones is 1. The first kappa shape index (κ1) is 12.6. The van der Waals surface area contributed by atoms with Crippen molar-refractivity contribution >= 4 is 17.4 Å². The predicted octanol–water partition coefficient (Wildman–Crippen LogP) is 3.70. The third-order valence-corrected chi connectivity index (χ3v) is 3.67. The predicted molar refractivity (Wildman–Crippen MR) is 71.7 cm³/mol. The van der Waals surface area contributed by atoms with Gasteiger partial charge in [0.05, 0.1) is 0 Å². The average molecular weight is 251 g/mol. The lowest BCUT2D eigenvalue weighted by Crippen LogP contribution is -2.03. The summed E-state index contributed by atoms with van der Waals surface area (Å²) in [5.41, 5.74) is 4.11. The van der Waals surface area contributed by atoms with Crippen LogP contribution in [0, 0.1) is 0 Å². The Kier molecular flexibility index (Phi) is 4.61. The number of Topliss-reactive ketones (excluding diaryl/α,β-unsaturated/α-hetero) is 1. The second-order valence-corrected chi connectivity index (χ2v) is 5.20. The van der Waals surface area contributed by atoms with E-state index in [1.165, 1.54) is 36.0 Å². The molecule has 17 heavy (non-hydrogen) atoms. The normalized spacial score (nSPS) is 13.7. The summed E-state index contributed by atoms with van der Waals surface area (Å²) in [6.07, 6.45) is 6.79. The van der Waals surface area contributed by atoms with Gasteiger partial charge in [-0.2, -0.15) is 0 Å². The van der Waals surface area contributed by atoms with E-state index in [1.54, 1.807) is 0 Å². The lowest BCUT2D eigenvalue weighted by molar-refractivity contribution is -0.118. The summed E-state index contributed by atoms with van der Waals surface area (Å²) in [5.74, 6) is 1.000. The summed E-state index contributed by atoms with van der Waals surface area (Å²) >= 11 is 5.60. The Hall–Kier alpha value is -0.820. The van der Waals surface area contributed by atoms with Gasteiger partial charge in [-0.25, -0.2) is 0 Å². The van der Waals surface area contributed by atoms with E-state index in [4.69, 9.17) is 11.6 Å². The number of aryl methyl sites for hydroxylation is 2. The number of carbonyl (C=O) groups is 1. The van der Waals surface area contributed by atoms with Gasteiger partial charge in [-0.1, -0.05) is 18.2 Å². The molecule has 0 heterocycles. The van der Waals surface area contributed by atoms with Crippen LogP contribution in [0.4, 0.5) is 0 Å². The van der Waals surface area contributed by atoms with Crippen LogP contribution in [-0.4, -0.2) is 11.7 Å². The van der Waals surface area contributed by atoms with E-state index >= 15 is 0 Å². The molecule has 1 aromatic carbocycles. The number of unbranched alkanes of at least 4 members (excludes halogenated alkanes) is 1. The van der Waals surface area contributed by atoms with Crippen LogP contribution in [0.3, 0.4) is 0 Å². The Balaban J connectivity index is 1.88. The summed E-state index contributed by atoms with van der Waals surface area (Å²) in [6.45, 7) is 0. The number of rotatable bonds is 6. The molecule has 0 saturated carbocycles. The number of carbonyl (C=O) groups excluding carboxylic acids is 1. The zero-order valence-electron chi connectivity index (χ0n) is 10.2. The van der Waals surface area contributed by atoms with Crippen LogP contribution >= 0.6 is 11.6 Å². The van der Waals surface area contributed by atoms with Gasteiger partial charge in [-0.15, -0.1) is 11.6 Å². The Bertz CT molecular complexity index is 398. The molecule has 92 valence electrons. The SMILES string of the molecule is O=C(CCCCCl)Cc1ccc2c(c1)CCC2. The molecular weight excluding hydrogens is 232 g/mol. The number of halogens is 1. The van der Waals surface area contributed by atoms with Gasteiger partial charge in [0.25, 0.3) is 0 Å². The molecule has 1 aliphatic carbocycles. The Morgan fingerprint density at radius 1 is 1.18 bits per heavy atom. The second-order valence-electron chi connectivity index (χ2n) is 4.82. The largest absolute Gasteiger partial charge is 0.299 e. The van der Waals surface area contributed by atoms with Crippen LogP contribution in [0.5, 0.6) is 0 Å². The molecule has 0 atom stereocenters. The van der Waals surface area contributed by atoms with Gasteiger partial charge in [0.1, 0.15) is 5.78 Å². The smallest absolute Gasteiger partial charge is 0.137 e. The van der Waals surface area contributed by atoms with Crippen molar-refractivity contribution < 1.29 is 4.79 Å². The van der Waals surface area contributed by atoms with Crippen molar-refractivity contribution in [2.75, 3.05) is 5.88 Å². The molecule has 0 aromatic heterocycles. The van der Waals surface area contributed by atoms with Gasteiger partial charge < -0.3 is 0 Å². The highest BCUT2D eigenvalue weighted by molar-refractivity contribution is 6.17. The molecule has 0 saturated heterocycles. The standard InChI is InChI=1S/C15H19ClO/c16-9-2-1-6-15(17)11-12-7-8-13-4-3-5-14(13)10-12/h7-8,10H,1-6,9,11H2. The van der Waals surface area contributed by atoms with Crippen LogP contribution in [0.15, 0.2) is 18.2 Å². The lowest BCUT2D eigenvalue weighted by atomic mass is 10.0. The van der Waals surface area contributed by atoms with Crippen molar-refractivity contribution in [3.63, 3.8) is 0 Å². The maximum atomic E-state index is 11.7. The zero-order chi connectivity index (χ0) is 12.1. The molecule has 0 amide bonds. The number of alkyl halides is 1. The molecular formula is C15H19ClO. The molecule has 1 nitrogen and oxygen atoms in total. The molecule has 0 fully saturated rings. The van der Waals surface area contributed by atoms with Crippen LogP contribution in [0.25, 0.3) is 0 Å². The maximum Gasteiger partial charge on any atom is 0.137 e. The first-order valence-electron chi connectivity index (χ1n) is 6.48. The molecule has 0 aliphatic heterocycles. The Morgan fingerprint density at radius 2 is 2.00 bits per heavy atom. The topological polar surface area (TPSA) is 17.1 Å². The van der Waals surface area contributed by atoms with E-state index < -0.39 is 0 Å². The molecule has 0 radical (unpaired) electrons. The molecule has 1 aromatic rings. The number of fused-ring (bicyclic) bond motifs is 1. The summed E-state index contributed by atoms with van der Waals surface area (Å²) in [5, 5.41) is 0. The average Bonchev–Trinajstić information content (AvgIpc) is 2.76. The van der Waals surface area contributed by atoms with Gasteiger partial charge in [-0.05, 0) is 48.8 Å². The maximum absolute atomic E-state index is 11.7. The monoisotopic (exact) mass is 250 g/mol. The molecule has 0 unspecified atom stereocenters. The summed E-state index contributed by atoms with van der Waals surface area (Å²) < 4.78 is 0. The van der Waals surface area contributed by atoms with Crippen LogP contribution in [-0.2, 0) is 24.1 Å². The third-order valence-electron chi connectivity index (χ3n) is 3.40. The van der Waals surface area contributed by atoms with E-state index in [-0.39, 0.29) is 0 Å². The molecule has 2 rings (SSSR count). The fourth-order valence-corrected chi connectivity index (χ4v) is 2.66. The van der Waals surface area contributed by atoms with Crippen molar-refractivity contribution in [1.29, 1.82) is 0 Å². The van der Waals surface area contributed by atoms with Crippen molar-refractivity contribution in [3.8, 4) is 0 Å². The minimum absolute atomic E-state index is 0.341.